The molecule has 8 heteroatoms. The molecule has 0 saturated carbocycles. The number of thiophene rings is 1. The van der Waals surface area contributed by atoms with Crippen molar-refractivity contribution in [3.05, 3.63) is 39.8 Å². The largest absolute Gasteiger partial charge is 0.350 e. The Kier molecular flexibility index (Phi) is 4.50. The summed E-state index contributed by atoms with van der Waals surface area (Å²) >= 11 is 1.11. The van der Waals surface area contributed by atoms with E-state index in [1.54, 1.807) is 0 Å². The van der Waals surface area contributed by atoms with E-state index in [9.17, 15) is 13.2 Å². The van der Waals surface area contributed by atoms with Gasteiger partial charge in [0, 0.05) is 23.8 Å². The van der Waals surface area contributed by atoms with Gasteiger partial charge in [0.1, 0.15) is 0 Å². The Morgan fingerprint density at radius 2 is 2.10 bits per heavy atom. The molecular weight excluding hydrogens is 310 g/mol. The molecule has 2 N–H and O–H groups in total. The second-order valence-corrected chi connectivity index (χ2v) is 7.36. The van der Waals surface area contributed by atoms with Crippen LogP contribution in [-0.4, -0.2) is 25.9 Å². The SMILES string of the molecule is CNS(=O)(=O)c1csc(C(=O)NCc2ccc(C)n2C)c1. The van der Waals surface area contributed by atoms with Gasteiger partial charge in [-0.15, -0.1) is 11.3 Å². The second-order valence-electron chi connectivity index (χ2n) is 4.56. The third-order valence-corrected chi connectivity index (χ3v) is 5.76. The smallest absolute Gasteiger partial charge is 0.261 e. The van der Waals surface area contributed by atoms with Crippen LogP contribution in [0.15, 0.2) is 28.5 Å². The molecule has 0 aliphatic rings. The molecule has 0 bridgehead atoms. The minimum atomic E-state index is -3.51. The topological polar surface area (TPSA) is 80.2 Å². The Hall–Kier alpha value is -1.64. The van der Waals surface area contributed by atoms with Gasteiger partial charge in [-0.25, -0.2) is 13.1 Å². The summed E-state index contributed by atoms with van der Waals surface area (Å²) in [6.07, 6.45) is 0. The quantitative estimate of drug-likeness (QED) is 0.867. The number of carbonyl (C=O) groups excluding carboxylic acids is 1. The monoisotopic (exact) mass is 327 g/mol. The first kappa shape index (κ1) is 15.7. The van der Waals surface area contributed by atoms with Crippen molar-refractivity contribution >= 4 is 27.3 Å². The minimum Gasteiger partial charge on any atom is -0.350 e. The van der Waals surface area contributed by atoms with Crippen molar-refractivity contribution in [2.24, 2.45) is 7.05 Å². The van der Waals surface area contributed by atoms with E-state index in [0.29, 0.717) is 11.4 Å². The van der Waals surface area contributed by atoms with Gasteiger partial charge in [0.25, 0.3) is 5.91 Å². The van der Waals surface area contributed by atoms with Crippen LogP contribution in [-0.2, 0) is 23.6 Å². The molecule has 0 radical (unpaired) electrons. The minimum absolute atomic E-state index is 0.106. The van der Waals surface area contributed by atoms with E-state index in [-0.39, 0.29) is 10.8 Å². The third kappa shape index (κ3) is 3.34. The van der Waals surface area contributed by atoms with Gasteiger partial charge in [-0.05, 0) is 32.2 Å². The molecular formula is C13H17N3O3S2. The molecule has 0 spiro atoms. The van der Waals surface area contributed by atoms with Crippen molar-refractivity contribution < 1.29 is 13.2 Å². The van der Waals surface area contributed by atoms with Crippen molar-refractivity contribution in [3.8, 4) is 0 Å². The summed E-state index contributed by atoms with van der Waals surface area (Å²) in [6.45, 7) is 2.38. The number of hydrogen-bond donors (Lipinski definition) is 2. The van der Waals surface area contributed by atoms with Gasteiger partial charge < -0.3 is 9.88 Å². The highest BCUT2D eigenvalue weighted by atomic mass is 32.2. The summed E-state index contributed by atoms with van der Waals surface area (Å²) in [6, 6.07) is 5.30. The predicted octanol–water partition coefficient (Wildman–Crippen LogP) is 1.23. The maximum Gasteiger partial charge on any atom is 0.261 e. The van der Waals surface area contributed by atoms with Gasteiger partial charge >= 0.3 is 0 Å². The number of rotatable bonds is 5. The van der Waals surface area contributed by atoms with Crippen LogP contribution in [0.4, 0.5) is 0 Å². The van der Waals surface area contributed by atoms with Gasteiger partial charge in [-0.2, -0.15) is 0 Å². The van der Waals surface area contributed by atoms with Crippen LogP contribution in [0.25, 0.3) is 0 Å². The van der Waals surface area contributed by atoms with Crippen molar-refractivity contribution in [3.63, 3.8) is 0 Å². The van der Waals surface area contributed by atoms with Crippen LogP contribution < -0.4 is 10.0 Å². The molecule has 0 atom stereocenters. The fraction of sp³-hybridized carbons (Fsp3) is 0.308. The lowest BCUT2D eigenvalue weighted by Crippen LogP contribution is -2.23. The lowest BCUT2D eigenvalue weighted by Gasteiger charge is -2.06. The molecule has 0 aromatic carbocycles. The van der Waals surface area contributed by atoms with Crippen LogP contribution in [0.2, 0.25) is 0 Å². The Bertz CT molecular complexity index is 759. The molecule has 2 aromatic heterocycles. The van der Waals surface area contributed by atoms with E-state index in [1.807, 2.05) is 30.7 Å². The first-order valence-corrected chi connectivity index (χ1v) is 8.63. The molecule has 21 heavy (non-hydrogen) atoms. The van der Waals surface area contributed by atoms with Gasteiger partial charge in [0.05, 0.1) is 16.3 Å². The summed E-state index contributed by atoms with van der Waals surface area (Å²) in [4.78, 5) is 12.5. The lowest BCUT2D eigenvalue weighted by atomic mass is 10.4. The average Bonchev–Trinajstić information content (AvgIpc) is 3.06. The molecule has 2 aromatic rings. The van der Waals surface area contributed by atoms with E-state index >= 15 is 0 Å². The Labute approximate surface area is 127 Å². The number of carbonyl (C=O) groups is 1. The van der Waals surface area contributed by atoms with E-state index in [4.69, 9.17) is 0 Å². The fourth-order valence-electron chi connectivity index (χ4n) is 1.80. The van der Waals surface area contributed by atoms with E-state index in [2.05, 4.69) is 10.0 Å². The number of aryl methyl sites for hydroxylation is 1. The van der Waals surface area contributed by atoms with Crippen molar-refractivity contribution in [1.29, 1.82) is 0 Å². The van der Waals surface area contributed by atoms with Crippen molar-refractivity contribution in [2.45, 2.75) is 18.4 Å². The molecule has 0 fully saturated rings. The number of nitrogens with one attached hydrogen (secondary N) is 2. The summed E-state index contributed by atoms with van der Waals surface area (Å²) in [5.74, 6) is -0.281. The standard InChI is InChI=1S/C13H17N3O3S2/c1-9-4-5-10(16(9)3)7-15-13(17)12-6-11(8-20-12)21(18,19)14-2/h4-6,8,14H,7H2,1-3H3,(H,15,17). The molecule has 2 rings (SSSR count). The zero-order valence-corrected chi connectivity index (χ0v) is 13.6. The van der Waals surface area contributed by atoms with E-state index in [1.165, 1.54) is 18.5 Å². The maximum absolute atomic E-state index is 12.0. The van der Waals surface area contributed by atoms with Crippen molar-refractivity contribution in [2.75, 3.05) is 7.05 Å². The molecule has 0 aliphatic heterocycles. The van der Waals surface area contributed by atoms with Crippen LogP contribution in [0.3, 0.4) is 0 Å². The first-order chi connectivity index (χ1) is 9.85. The molecule has 0 saturated heterocycles. The zero-order valence-electron chi connectivity index (χ0n) is 12.0. The van der Waals surface area contributed by atoms with Crippen molar-refractivity contribution in [1.82, 2.24) is 14.6 Å². The molecule has 0 unspecified atom stereocenters. The number of aromatic nitrogens is 1. The Morgan fingerprint density at radius 1 is 1.38 bits per heavy atom. The molecule has 6 nitrogen and oxygen atoms in total. The molecule has 1 amide bonds. The number of amides is 1. The van der Waals surface area contributed by atoms with Crippen LogP contribution >= 0.6 is 11.3 Å². The summed E-state index contributed by atoms with van der Waals surface area (Å²) in [7, 11) is -0.237. The highest BCUT2D eigenvalue weighted by Crippen LogP contribution is 2.19. The number of nitrogens with zero attached hydrogens (tertiary/aromatic N) is 1. The Balaban J connectivity index is 2.06. The maximum atomic E-state index is 12.0. The second kappa shape index (κ2) is 6.00. The van der Waals surface area contributed by atoms with Gasteiger partial charge in [-0.1, -0.05) is 0 Å². The highest BCUT2D eigenvalue weighted by Gasteiger charge is 2.17. The third-order valence-electron chi connectivity index (χ3n) is 3.29. The lowest BCUT2D eigenvalue weighted by molar-refractivity contribution is 0.0954. The normalized spacial score (nSPS) is 11.6. The summed E-state index contributed by atoms with van der Waals surface area (Å²) in [5.41, 5.74) is 2.10. The van der Waals surface area contributed by atoms with Crippen LogP contribution in [0.5, 0.6) is 0 Å². The number of hydrogen-bond acceptors (Lipinski definition) is 4. The van der Waals surface area contributed by atoms with E-state index < -0.39 is 10.0 Å². The fourth-order valence-corrected chi connectivity index (χ4v) is 3.72. The molecule has 2 heterocycles. The van der Waals surface area contributed by atoms with Crippen LogP contribution in [0.1, 0.15) is 21.1 Å². The zero-order chi connectivity index (χ0) is 15.6. The molecule has 114 valence electrons. The summed E-state index contributed by atoms with van der Waals surface area (Å²) in [5, 5.41) is 4.24. The molecule has 0 aliphatic carbocycles. The number of sulfonamides is 1. The summed E-state index contributed by atoms with van der Waals surface area (Å²) < 4.78 is 27.5. The van der Waals surface area contributed by atoms with Gasteiger partial charge in [-0.3, -0.25) is 4.79 Å². The highest BCUT2D eigenvalue weighted by molar-refractivity contribution is 7.89. The predicted molar refractivity (Wildman–Crippen MR) is 81.9 cm³/mol. The average molecular weight is 327 g/mol. The van der Waals surface area contributed by atoms with E-state index in [0.717, 1.165) is 22.7 Å². The van der Waals surface area contributed by atoms with Gasteiger partial charge in [0.2, 0.25) is 10.0 Å². The van der Waals surface area contributed by atoms with Gasteiger partial charge in [0.15, 0.2) is 0 Å². The van der Waals surface area contributed by atoms with Crippen LogP contribution in [0, 0.1) is 6.92 Å². The first-order valence-electron chi connectivity index (χ1n) is 6.26. The Morgan fingerprint density at radius 3 is 2.67 bits per heavy atom.